The van der Waals surface area contributed by atoms with E-state index in [0.29, 0.717) is 19.5 Å². The van der Waals surface area contributed by atoms with Crippen LogP contribution in [-0.2, 0) is 17.9 Å². The molecule has 3 heteroatoms. The molecule has 0 aliphatic heterocycles. The predicted molar refractivity (Wildman–Crippen MR) is 70.3 cm³/mol. The Balaban J connectivity index is 2.76. The number of nitrogens with two attached hydrogens (primary N) is 1. The van der Waals surface area contributed by atoms with Crippen LogP contribution in [0, 0.1) is 0 Å². The summed E-state index contributed by atoms with van der Waals surface area (Å²) in [7, 11) is 0. The molecule has 0 saturated carbocycles. The third kappa shape index (κ3) is 3.86. The van der Waals surface area contributed by atoms with Crippen LogP contribution in [0.25, 0.3) is 0 Å². The summed E-state index contributed by atoms with van der Waals surface area (Å²) in [5, 5.41) is 0. The first-order valence-corrected chi connectivity index (χ1v) is 6.27. The molecule has 0 aliphatic rings. The van der Waals surface area contributed by atoms with Crippen LogP contribution in [0.5, 0.6) is 0 Å². The molecule has 2 N–H and O–H groups in total. The van der Waals surface area contributed by atoms with Gasteiger partial charge in [0.05, 0.1) is 0 Å². The van der Waals surface area contributed by atoms with E-state index in [-0.39, 0.29) is 5.91 Å². The van der Waals surface area contributed by atoms with Gasteiger partial charge in [-0.25, -0.2) is 0 Å². The number of hydrogen-bond donors (Lipinski definition) is 1. The Morgan fingerprint density at radius 2 is 1.88 bits per heavy atom. The Bertz CT molecular complexity index is 363. The maximum Gasteiger partial charge on any atom is 0.222 e. The Morgan fingerprint density at radius 1 is 1.24 bits per heavy atom. The molecule has 0 fully saturated rings. The first-order valence-electron chi connectivity index (χ1n) is 6.27. The quantitative estimate of drug-likeness (QED) is 0.821. The number of hydrogen-bond acceptors (Lipinski definition) is 2. The van der Waals surface area contributed by atoms with Crippen LogP contribution in [0.4, 0.5) is 0 Å². The van der Waals surface area contributed by atoms with E-state index in [2.05, 4.69) is 0 Å². The maximum atomic E-state index is 11.9. The van der Waals surface area contributed by atoms with E-state index in [9.17, 15) is 4.79 Å². The molecule has 1 amide bonds. The highest BCUT2D eigenvalue weighted by molar-refractivity contribution is 5.76. The number of benzene rings is 1. The van der Waals surface area contributed by atoms with Crippen molar-refractivity contribution in [3.63, 3.8) is 0 Å². The molecule has 17 heavy (non-hydrogen) atoms. The van der Waals surface area contributed by atoms with E-state index in [1.54, 1.807) is 0 Å². The highest BCUT2D eigenvalue weighted by Gasteiger charge is 2.12. The summed E-state index contributed by atoms with van der Waals surface area (Å²) in [4.78, 5) is 13.8. The zero-order valence-corrected chi connectivity index (χ0v) is 10.8. The molecule has 0 saturated heterocycles. The first-order chi connectivity index (χ1) is 8.22. The van der Waals surface area contributed by atoms with E-state index in [4.69, 9.17) is 5.73 Å². The number of carbonyl (C=O) groups excluding carboxylic acids is 1. The van der Waals surface area contributed by atoms with E-state index < -0.39 is 0 Å². The van der Waals surface area contributed by atoms with Crippen LogP contribution in [-0.4, -0.2) is 17.4 Å². The van der Waals surface area contributed by atoms with Gasteiger partial charge in [-0.05, 0) is 24.5 Å². The fraction of sp³-hybridized carbons (Fsp3) is 0.500. The van der Waals surface area contributed by atoms with Gasteiger partial charge >= 0.3 is 0 Å². The van der Waals surface area contributed by atoms with Crippen LogP contribution in [0.1, 0.15) is 37.8 Å². The number of nitrogens with zero attached hydrogens (tertiary/aromatic N) is 1. The molecule has 0 heterocycles. The van der Waals surface area contributed by atoms with Crippen molar-refractivity contribution in [2.45, 2.75) is 39.8 Å². The molecular formula is C14H22N2O. The second-order valence-electron chi connectivity index (χ2n) is 4.13. The van der Waals surface area contributed by atoms with Crippen molar-refractivity contribution in [1.29, 1.82) is 0 Å². The van der Waals surface area contributed by atoms with Gasteiger partial charge < -0.3 is 10.6 Å². The Kier molecular flexibility index (Phi) is 5.70. The van der Waals surface area contributed by atoms with Crippen LogP contribution in [0.3, 0.4) is 0 Å². The summed E-state index contributed by atoms with van der Waals surface area (Å²) >= 11 is 0. The zero-order chi connectivity index (χ0) is 12.7. The maximum absolute atomic E-state index is 11.9. The van der Waals surface area contributed by atoms with Crippen molar-refractivity contribution in [3.8, 4) is 0 Å². The van der Waals surface area contributed by atoms with Crippen molar-refractivity contribution in [1.82, 2.24) is 4.90 Å². The minimum Gasteiger partial charge on any atom is -0.339 e. The van der Waals surface area contributed by atoms with E-state index >= 15 is 0 Å². The molecule has 0 aromatic heterocycles. The lowest BCUT2D eigenvalue weighted by Crippen LogP contribution is -2.30. The van der Waals surface area contributed by atoms with Crippen molar-refractivity contribution < 1.29 is 4.79 Å². The van der Waals surface area contributed by atoms with Gasteiger partial charge in [-0.3, -0.25) is 4.79 Å². The lowest BCUT2D eigenvalue weighted by molar-refractivity contribution is -0.131. The molecule has 0 atom stereocenters. The molecule has 1 aromatic carbocycles. The average molecular weight is 234 g/mol. The van der Waals surface area contributed by atoms with Gasteiger partial charge in [0.25, 0.3) is 0 Å². The smallest absolute Gasteiger partial charge is 0.222 e. The van der Waals surface area contributed by atoms with Gasteiger partial charge in [-0.1, -0.05) is 31.2 Å². The van der Waals surface area contributed by atoms with Crippen LogP contribution < -0.4 is 5.73 Å². The Morgan fingerprint density at radius 3 is 2.41 bits per heavy atom. The van der Waals surface area contributed by atoms with Crippen molar-refractivity contribution in [2.24, 2.45) is 5.73 Å². The molecule has 94 valence electrons. The normalized spacial score (nSPS) is 10.3. The SMILES string of the molecule is CCCC(=O)N(CC)Cc1ccccc1CN. The minimum atomic E-state index is 0.224. The van der Waals surface area contributed by atoms with Gasteiger partial charge in [0.2, 0.25) is 5.91 Å². The molecule has 0 bridgehead atoms. The third-order valence-corrected chi connectivity index (χ3v) is 2.90. The molecule has 0 aliphatic carbocycles. The molecule has 1 aromatic rings. The number of carbonyl (C=O) groups is 1. The summed E-state index contributed by atoms with van der Waals surface area (Å²) in [6.07, 6.45) is 1.52. The lowest BCUT2D eigenvalue weighted by atomic mass is 10.1. The van der Waals surface area contributed by atoms with Gasteiger partial charge in [0.15, 0.2) is 0 Å². The molecule has 3 nitrogen and oxygen atoms in total. The Labute approximate surface area is 104 Å². The minimum absolute atomic E-state index is 0.224. The average Bonchev–Trinajstić information content (AvgIpc) is 2.36. The third-order valence-electron chi connectivity index (χ3n) is 2.90. The van der Waals surface area contributed by atoms with Crippen LogP contribution in [0.15, 0.2) is 24.3 Å². The number of rotatable bonds is 6. The largest absolute Gasteiger partial charge is 0.339 e. The topological polar surface area (TPSA) is 46.3 Å². The van der Waals surface area contributed by atoms with Crippen molar-refractivity contribution in [2.75, 3.05) is 6.54 Å². The zero-order valence-electron chi connectivity index (χ0n) is 10.8. The summed E-state index contributed by atoms with van der Waals surface area (Å²) in [6.45, 7) is 5.98. The Hall–Kier alpha value is -1.35. The van der Waals surface area contributed by atoms with Gasteiger partial charge in [0.1, 0.15) is 0 Å². The molecular weight excluding hydrogens is 212 g/mol. The molecule has 0 spiro atoms. The van der Waals surface area contributed by atoms with E-state index in [1.165, 1.54) is 0 Å². The fourth-order valence-corrected chi connectivity index (χ4v) is 1.86. The van der Waals surface area contributed by atoms with Crippen molar-refractivity contribution >= 4 is 5.91 Å². The van der Waals surface area contributed by atoms with Gasteiger partial charge in [-0.15, -0.1) is 0 Å². The lowest BCUT2D eigenvalue weighted by Gasteiger charge is -2.22. The molecule has 0 unspecified atom stereocenters. The van der Waals surface area contributed by atoms with Crippen molar-refractivity contribution in [3.05, 3.63) is 35.4 Å². The summed E-state index contributed by atoms with van der Waals surface area (Å²) in [5.41, 5.74) is 7.97. The number of amides is 1. The second kappa shape index (κ2) is 7.07. The highest BCUT2D eigenvalue weighted by Crippen LogP contribution is 2.12. The fourth-order valence-electron chi connectivity index (χ4n) is 1.86. The molecule has 1 rings (SSSR count). The summed E-state index contributed by atoms with van der Waals surface area (Å²) in [6, 6.07) is 8.04. The van der Waals surface area contributed by atoms with Gasteiger partial charge in [0, 0.05) is 26.1 Å². The second-order valence-corrected chi connectivity index (χ2v) is 4.13. The van der Waals surface area contributed by atoms with E-state index in [0.717, 1.165) is 24.1 Å². The highest BCUT2D eigenvalue weighted by atomic mass is 16.2. The summed E-state index contributed by atoms with van der Waals surface area (Å²) < 4.78 is 0. The first kappa shape index (κ1) is 13.7. The summed E-state index contributed by atoms with van der Waals surface area (Å²) in [5.74, 6) is 0.224. The van der Waals surface area contributed by atoms with Crippen LogP contribution in [0.2, 0.25) is 0 Å². The monoisotopic (exact) mass is 234 g/mol. The molecule has 0 radical (unpaired) electrons. The standard InChI is InChI=1S/C14H22N2O/c1-3-7-14(17)16(4-2)11-13-9-6-5-8-12(13)10-15/h5-6,8-9H,3-4,7,10-11,15H2,1-2H3. The van der Waals surface area contributed by atoms with E-state index in [1.807, 2.05) is 43.0 Å². The van der Waals surface area contributed by atoms with Gasteiger partial charge in [-0.2, -0.15) is 0 Å². The van der Waals surface area contributed by atoms with Crippen LogP contribution >= 0.6 is 0 Å². The predicted octanol–water partition coefficient (Wildman–Crippen LogP) is 2.29.